The minimum atomic E-state index is -1.15. The first-order valence-electron chi connectivity index (χ1n) is 7.80. The van der Waals surface area contributed by atoms with Gasteiger partial charge in [-0.3, -0.25) is 0 Å². The fourth-order valence-electron chi connectivity index (χ4n) is 3.05. The summed E-state index contributed by atoms with van der Waals surface area (Å²) in [7, 11) is 0. The lowest BCUT2D eigenvalue weighted by molar-refractivity contribution is -0.0509. The third kappa shape index (κ3) is 2.67. The number of nitrogens with two attached hydrogens (primary N) is 1. The van der Waals surface area contributed by atoms with Crippen molar-refractivity contribution in [2.24, 2.45) is 0 Å². The van der Waals surface area contributed by atoms with E-state index in [1.54, 1.807) is 4.57 Å². The van der Waals surface area contributed by atoms with Gasteiger partial charge < -0.3 is 30.4 Å². The van der Waals surface area contributed by atoms with E-state index in [0.717, 1.165) is 30.2 Å². The summed E-state index contributed by atoms with van der Waals surface area (Å²) >= 11 is 0. The molecule has 0 aromatic carbocycles. The van der Waals surface area contributed by atoms with Crippen molar-refractivity contribution in [2.45, 2.75) is 50.7 Å². The third-order valence-electron chi connectivity index (χ3n) is 4.31. The van der Waals surface area contributed by atoms with Gasteiger partial charge in [0.2, 0.25) is 0 Å². The molecule has 3 rings (SSSR count). The molecule has 1 saturated heterocycles. The number of aromatic nitrogens is 3. The predicted octanol–water partition coefficient (Wildman–Crippen LogP) is -0.0324. The van der Waals surface area contributed by atoms with Crippen molar-refractivity contribution in [2.75, 3.05) is 12.3 Å². The molecule has 1 fully saturated rings. The standard InChI is InChI=1S/C15H22N4O4/c1-2-3-4-8-5-19(14-10(8)13(16)17-7-18-14)15-12(22)11(21)9(6-20)23-15/h5,7,9,11-12,15,20-22H,2-4,6H2,1H3,(H2,16,17,18). The lowest BCUT2D eigenvalue weighted by atomic mass is 10.1. The van der Waals surface area contributed by atoms with Gasteiger partial charge in [0.25, 0.3) is 0 Å². The normalized spacial score (nSPS) is 27.8. The van der Waals surface area contributed by atoms with Gasteiger partial charge in [0.05, 0.1) is 12.0 Å². The van der Waals surface area contributed by atoms with E-state index >= 15 is 0 Å². The Hall–Kier alpha value is -1.74. The van der Waals surface area contributed by atoms with Gasteiger partial charge >= 0.3 is 0 Å². The SMILES string of the molecule is CCCCc1cn(C2OC(CO)C(O)C2O)c2ncnc(N)c12. The van der Waals surface area contributed by atoms with Crippen molar-refractivity contribution in [3.8, 4) is 0 Å². The number of hydrogen-bond acceptors (Lipinski definition) is 7. The third-order valence-corrected chi connectivity index (χ3v) is 4.31. The first-order chi connectivity index (χ1) is 11.1. The van der Waals surface area contributed by atoms with E-state index in [1.165, 1.54) is 6.33 Å². The van der Waals surface area contributed by atoms with E-state index in [-0.39, 0.29) is 6.61 Å². The van der Waals surface area contributed by atoms with Crippen LogP contribution in [0.25, 0.3) is 11.0 Å². The highest BCUT2D eigenvalue weighted by molar-refractivity contribution is 5.89. The van der Waals surface area contributed by atoms with Gasteiger partial charge in [0.1, 0.15) is 36.1 Å². The van der Waals surface area contributed by atoms with Crippen LogP contribution >= 0.6 is 0 Å². The van der Waals surface area contributed by atoms with Crippen LogP contribution in [0.1, 0.15) is 31.6 Å². The van der Waals surface area contributed by atoms with Gasteiger partial charge in [-0.1, -0.05) is 13.3 Å². The lowest BCUT2D eigenvalue weighted by Gasteiger charge is -2.17. The number of fused-ring (bicyclic) bond motifs is 1. The zero-order chi connectivity index (χ0) is 16.6. The number of anilines is 1. The van der Waals surface area contributed by atoms with Crippen molar-refractivity contribution in [1.29, 1.82) is 0 Å². The summed E-state index contributed by atoms with van der Waals surface area (Å²) in [6.07, 6.45) is 2.08. The summed E-state index contributed by atoms with van der Waals surface area (Å²) in [5, 5.41) is 30.2. The summed E-state index contributed by atoms with van der Waals surface area (Å²) in [5.74, 6) is 0.381. The number of rotatable bonds is 5. The van der Waals surface area contributed by atoms with Crippen molar-refractivity contribution in [3.63, 3.8) is 0 Å². The number of unbranched alkanes of at least 4 members (excludes halogenated alkanes) is 1. The summed E-state index contributed by atoms with van der Waals surface area (Å²) in [4.78, 5) is 8.30. The van der Waals surface area contributed by atoms with Crippen molar-refractivity contribution >= 4 is 16.9 Å². The minimum absolute atomic E-state index is 0.367. The first-order valence-corrected chi connectivity index (χ1v) is 7.80. The van der Waals surface area contributed by atoms with Crippen LogP contribution in [0.3, 0.4) is 0 Å². The van der Waals surface area contributed by atoms with Crippen LogP contribution in [0.4, 0.5) is 5.82 Å². The second-order valence-corrected chi connectivity index (χ2v) is 5.85. The molecule has 5 N–H and O–H groups in total. The van der Waals surface area contributed by atoms with Crippen LogP contribution in [0.2, 0.25) is 0 Å². The minimum Gasteiger partial charge on any atom is -0.394 e. The Labute approximate surface area is 133 Å². The van der Waals surface area contributed by atoms with Crippen LogP contribution in [0, 0.1) is 0 Å². The van der Waals surface area contributed by atoms with Crippen LogP contribution in [0.15, 0.2) is 12.5 Å². The quantitative estimate of drug-likeness (QED) is 0.608. The van der Waals surface area contributed by atoms with Gasteiger partial charge in [-0.2, -0.15) is 0 Å². The molecule has 0 aliphatic carbocycles. The number of aryl methyl sites for hydroxylation is 1. The van der Waals surface area contributed by atoms with Gasteiger partial charge in [0.15, 0.2) is 6.23 Å². The molecule has 3 heterocycles. The van der Waals surface area contributed by atoms with Gasteiger partial charge in [-0.05, 0) is 18.4 Å². The molecule has 2 aromatic rings. The van der Waals surface area contributed by atoms with Crippen LogP contribution in [-0.2, 0) is 11.2 Å². The zero-order valence-corrected chi connectivity index (χ0v) is 13.0. The maximum atomic E-state index is 10.2. The van der Waals surface area contributed by atoms with Gasteiger partial charge in [0, 0.05) is 6.20 Å². The lowest BCUT2D eigenvalue weighted by Crippen LogP contribution is -2.33. The molecular formula is C15H22N4O4. The molecule has 4 unspecified atom stereocenters. The highest BCUT2D eigenvalue weighted by atomic mass is 16.6. The molecule has 0 bridgehead atoms. The summed E-state index contributed by atoms with van der Waals surface area (Å²) in [6, 6.07) is 0. The van der Waals surface area contributed by atoms with Crippen molar-refractivity contribution < 1.29 is 20.1 Å². The monoisotopic (exact) mass is 322 g/mol. The summed E-state index contributed by atoms with van der Waals surface area (Å²) in [5.41, 5.74) is 7.54. The van der Waals surface area contributed by atoms with Crippen molar-refractivity contribution in [3.05, 3.63) is 18.1 Å². The van der Waals surface area contributed by atoms with E-state index < -0.39 is 24.5 Å². The highest BCUT2D eigenvalue weighted by Gasteiger charge is 2.44. The second-order valence-electron chi connectivity index (χ2n) is 5.85. The molecule has 1 aliphatic heterocycles. The Bertz CT molecular complexity index is 689. The van der Waals surface area contributed by atoms with Crippen LogP contribution in [-0.4, -0.2) is 54.8 Å². The smallest absolute Gasteiger partial charge is 0.164 e. The molecule has 8 nitrogen and oxygen atoms in total. The zero-order valence-electron chi connectivity index (χ0n) is 13.0. The largest absolute Gasteiger partial charge is 0.394 e. The highest BCUT2D eigenvalue weighted by Crippen LogP contribution is 2.34. The van der Waals surface area contributed by atoms with Gasteiger partial charge in [-0.15, -0.1) is 0 Å². The Kier molecular flexibility index (Phi) is 4.49. The number of ether oxygens (including phenoxy) is 1. The topological polar surface area (TPSA) is 127 Å². The van der Waals surface area contributed by atoms with E-state index in [0.29, 0.717) is 11.5 Å². The molecule has 126 valence electrons. The Balaban J connectivity index is 2.06. The molecule has 1 aliphatic rings. The Morgan fingerprint density at radius 3 is 2.74 bits per heavy atom. The van der Waals surface area contributed by atoms with E-state index in [9.17, 15) is 15.3 Å². The maximum absolute atomic E-state index is 10.2. The molecule has 4 atom stereocenters. The maximum Gasteiger partial charge on any atom is 0.164 e. The van der Waals surface area contributed by atoms with Gasteiger partial charge in [-0.25, -0.2) is 9.97 Å². The van der Waals surface area contributed by atoms with Crippen LogP contribution < -0.4 is 5.73 Å². The van der Waals surface area contributed by atoms with E-state index in [1.807, 2.05) is 6.20 Å². The number of nitrogens with zero attached hydrogens (tertiary/aromatic N) is 3. The molecule has 2 aromatic heterocycles. The summed E-state index contributed by atoms with van der Waals surface area (Å²) < 4.78 is 7.27. The second kappa shape index (κ2) is 6.40. The fraction of sp³-hybridized carbons (Fsp3) is 0.600. The average molecular weight is 322 g/mol. The van der Waals surface area contributed by atoms with Crippen molar-refractivity contribution in [1.82, 2.24) is 14.5 Å². The molecule has 8 heteroatoms. The average Bonchev–Trinajstić information content (AvgIpc) is 3.05. The Morgan fingerprint density at radius 1 is 1.30 bits per heavy atom. The number of nitrogen functional groups attached to an aromatic ring is 1. The molecule has 23 heavy (non-hydrogen) atoms. The van der Waals surface area contributed by atoms with E-state index in [2.05, 4.69) is 16.9 Å². The number of aliphatic hydroxyl groups is 3. The molecule has 0 amide bonds. The fourth-order valence-corrected chi connectivity index (χ4v) is 3.05. The molecular weight excluding hydrogens is 300 g/mol. The summed E-state index contributed by atoms with van der Waals surface area (Å²) in [6.45, 7) is 1.73. The number of hydrogen-bond donors (Lipinski definition) is 4. The molecule has 0 saturated carbocycles. The Morgan fingerprint density at radius 2 is 2.09 bits per heavy atom. The molecule has 0 spiro atoms. The predicted molar refractivity (Wildman–Crippen MR) is 83.6 cm³/mol. The van der Waals surface area contributed by atoms with E-state index in [4.69, 9.17) is 10.5 Å². The number of aliphatic hydroxyl groups excluding tert-OH is 3. The first kappa shape index (κ1) is 16.1. The van der Waals surface area contributed by atoms with Crippen LogP contribution in [0.5, 0.6) is 0 Å². The molecule has 0 radical (unpaired) electrons.